The van der Waals surface area contributed by atoms with Crippen molar-refractivity contribution in [3.63, 3.8) is 0 Å². The molecule has 2 heteroatoms. The lowest BCUT2D eigenvalue weighted by molar-refractivity contribution is 0.113. The van der Waals surface area contributed by atoms with Crippen LogP contribution in [0, 0.1) is 17.2 Å². The Morgan fingerprint density at radius 2 is 1.79 bits per heavy atom. The van der Waals surface area contributed by atoms with Crippen LogP contribution in [-0.2, 0) is 0 Å². The molecule has 2 aliphatic rings. The van der Waals surface area contributed by atoms with E-state index in [1.807, 2.05) is 0 Å². The summed E-state index contributed by atoms with van der Waals surface area (Å²) in [6.45, 7) is 2.28. The summed E-state index contributed by atoms with van der Waals surface area (Å²) in [5.41, 5.74) is 0. The maximum Gasteiger partial charge on any atom is 0.0669 e. The predicted molar refractivity (Wildman–Crippen MR) is 56.8 cm³/mol. The van der Waals surface area contributed by atoms with E-state index in [4.69, 9.17) is 5.26 Å². The molecule has 1 saturated heterocycles. The Kier molecular flexibility index (Phi) is 3.42. The van der Waals surface area contributed by atoms with E-state index in [9.17, 15) is 0 Å². The molecular weight excluding hydrogens is 172 g/mol. The van der Waals surface area contributed by atoms with Crippen molar-refractivity contribution in [1.82, 2.24) is 4.90 Å². The number of nitriles is 1. The Morgan fingerprint density at radius 3 is 2.50 bits per heavy atom. The maximum absolute atomic E-state index is 8.93. The van der Waals surface area contributed by atoms with Gasteiger partial charge in [0.15, 0.2) is 0 Å². The minimum Gasteiger partial charge on any atom is -0.299 e. The van der Waals surface area contributed by atoms with Crippen LogP contribution >= 0.6 is 0 Å². The predicted octanol–water partition coefficient (Wildman–Crippen LogP) is 2.55. The molecule has 0 aromatic rings. The van der Waals surface area contributed by atoms with E-state index >= 15 is 0 Å². The molecule has 2 fully saturated rings. The van der Waals surface area contributed by atoms with Gasteiger partial charge in [-0.3, -0.25) is 4.90 Å². The quantitative estimate of drug-likeness (QED) is 0.638. The molecule has 2 nitrogen and oxygen atoms in total. The first-order valence-corrected chi connectivity index (χ1v) is 6.04. The first-order chi connectivity index (χ1) is 6.90. The molecule has 0 amide bonds. The highest BCUT2D eigenvalue weighted by Gasteiger charge is 2.26. The molecule has 78 valence electrons. The number of hydrogen-bond acceptors (Lipinski definition) is 2. The van der Waals surface area contributed by atoms with Gasteiger partial charge < -0.3 is 0 Å². The largest absolute Gasteiger partial charge is 0.299 e. The van der Waals surface area contributed by atoms with Gasteiger partial charge in [-0.15, -0.1) is 0 Å². The summed E-state index contributed by atoms with van der Waals surface area (Å²) in [6, 6.07) is 3.24. The molecule has 2 rings (SSSR count). The van der Waals surface area contributed by atoms with Crippen LogP contribution in [0.5, 0.6) is 0 Å². The molecule has 0 radical (unpaired) electrons. The van der Waals surface area contributed by atoms with Gasteiger partial charge in [0, 0.05) is 12.6 Å². The summed E-state index contributed by atoms with van der Waals surface area (Å²) in [4.78, 5) is 2.58. The van der Waals surface area contributed by atoms with Gasteiger partial charge in [-0.2, -0.15) is 5.26 Å². The van der Waals surface area contributed by atoms with Crippen LogP contribution in [-0.4, -0.2) is 24.0 Å². The van der Waals surface area contributed by atoms with Crippen LogP contribution in [0.4, 0.5) is 0 Å². The van der Waals surface area contributed by atoms with E-state index < -0.39 is 0 Å². The monoisotopic (exact) mass is 192 g/mol. The Balaban J connectivity index is 1.87. The third-order valence-electron chi connectivity index (χ3n) is 3.73. The zero-order valence-electron chi connectivity index (χ0n) is 8.91. The van der Waals surface area contributed by atoms with Gasteiger partial charge in [0.05, 0.1) is 12.0 Å². The highest BCUT2D eigenvalue weighted by molar-refractivity contribution is 4.90. The molecule has 0 aromatic heterocycles. The van der Waals surface area contributed by atoms with Crippen LogP contribution in [0.25, 0.3) is 0 Å². The first-order valence-electron chi connectivity index (χ1n) is 6.04. The Hall–Kier alpha value is -0.550. The lowest BCUT2D eigenvalue weighted by Gasteiger charge is -2.38. The van der Waals surface area contributed by atoms with Crippen molar-refractivity contribution in [1.29, 1.82) is 5.26 Å². The second-order valence-corrected chi connectivity index (χ2v) is 4.76. The van der Waals surface area contributed by atoms with Crippen LogP contribution in [0.1, 0.15) is 44.9 Å². The molecule has 0 spiro atoms. The van der Waals surface area contributed by atoms with Gasteiger partial charge in [-0.25, -0.2) is 0 Å². The topological polar surface area (TPSA) is 27.0 Å². The average molecular weight is 192 g/mol. The lowest BCUT2D eigenvalue weighted by Crippen LogP contribution is -2.43. The highest BCUT2D eigenvalue weighted by Crippen LogP contribution is 2.26. The highest BCUT2D eigenvalue weighted by atomic mass is 15.2. The Labute approximate surface area is 86.9 Å². The van der Waals surface area contributed by atoms with Crippen LogP contribution in [0.2, 0.25) is 0 Å². The molecule has 14 heavy (non-hydrogen) atoms. The summed E-state index contributed by atoms with van der Waals surface area (Å²) >= 11 is 0. The maximum atomic E-state index is 8.93. The summed E-state index contributed by atoms with van der Waals surface area (Å²) in [6.07, 6.45) is 9.33. The average Bonchev–Trinajstić information content (AvgIpc) is 2.30. The minimum atomic E-state index is 0.311. The minimum absolute atomic E-state index is 0.311. The normalized spacial score (nSPS) is 31.2. The van der Waals surface area contributed by atoms with Crippen LogP contribution in [0.15, 0.2) is 0 Å². The van der Waals surface area contributed by atoms with Crippen molar-refractivity contribution in [2.75, 3.05) is 13.1 Å². The van der Waals surface area contributed by atoms with Crippen molar-refractivity contribution in [2.45, 2.75) is 51.0 Å². The number of likely N-dealkylation sites (tertiary alicyclic amines) is 1. The van der Waals surface area contributed by atoms with Gasteiger partial charge in [0.25, 0.3) is 0 Å². The fraction of sp³-hybridized carbons (Fsp3) is 0.917. The van der Waals surface area contributed by atoms with Crippen LogP contribution < -0.4 is 0 Å². The second-order valence-electron chi connectivity index (χ2n) is 4.76. The summed E-state index contributed by atoms with van der Waals surface area (Å²) in [5.74, 6) is 0.311. The van der Waals surface area contributed by atoms with Crippen molar-refractivity contribution in [3.05, 3.63) is 0 Å². The molecule has 1 unspecified atom stereocenters. The molecule has 1 aliphatic carbocycles. The lowest BCUT2D eigenvalue weighted by atomic mass is 9.91. The van der Waals surface area contributed by atoms with E-state index in [1.165, 1.54) is 45.1 Å². The number of hydrogen-bond donors (Lipinski definition) is 0. The Morgan fingerprint density at radius 1 is 1.00 bits per heavy atom. The molecule has 0 aromatic carbocycles. The summed E-state index contributed by atoms with van der Waals surface area (Å²) in [7, 11) is 0. The smallest absolute Gasteiger partial charge is 0.0669 e. The van der Waals surface area contributed by atoms with Gasteiger partial charge >= 0.3 is 0 Å². The van der Waals surface area contributed by atoms with Gasteiger partial charge in [0.2, 0.25) is 0 Å². The van der Waals surface area contributed by atoms with E-state index in [2.05, 4.69) is 11.0 Å². The zero-order valence-corrected chi connectivity index (χ0v) is 8.91. The van der Waals surface area contributed by atoms with E-state index in [1.54, 1.807) is 0 Å². The van der Waals surface area contributed by atoms with E-state index in [0.717, 1.165) is 19.0 Å². The van der Waals surface area contributed by atoms with Crippen molar-refractivity contribution in [3.8, 4) is 6.07 Å². The molecule has 1 atom stereocenters. The molecule has 1 saturated carbocycles. The molecule has 1 heterocycles. The molecule has 1 aliphatic heterocycles. The van der Waals surface area contributed by atoms with Crippen molar-refractivity contribution >= 4 is 0 Å². The van der Waals surface area contributed by atoms with Crippen molar-refractivity contribution in [2.24, 2.45) is 5.92 Å². The fourth-order valence-electron chi connectivity index (χ4n) is 2.89. The summed E-state index contributed by atoms with van der Waals surface area (Å²) in [5, 5.41) is 8.93. The van der Waals surface area contributed by atoms with Gasteiger partial charge in [-0.1, -0.05) is 19.3 Å². The Bertz CT molecular complexity index is 213. The third-order valence-corrected chi connectivity index (χ3v) is 3.73. The summed E-state index contributed by atoms with van der Waals surface area (Å²) < 4.78 is 0. The zero-order chi connectivity index (χ0) is 9.80. The molecule has 0 bridgehead atoms. The standard InChI is InChI=1S/C12H20N2/c13-9-11-5-4-8-14(10-11)12-6-2-1-3-7-12/h11-12H,1-8,10H2. The van der Waals surface area contributed by atoms with Gasteiger partial charge in [-0.05, 0) is 32.2 Å². The van der Waals surface area contributed by atoms with E-state index in [0.29, 0.717) is 5.92 Å². The third kappa shape index (κ3) is 2.27. The number of rotatable bonds is 1. The van der Waals surface area contributed by atoms with E-state index in [-0.39, 0.29) is 0 Å². The molecule has 0 N–H and O–H groups in total. The second kappa shape index (κ2) is 4.79. The first kappa shape index (κ1) is 9.98. The van der Waals surface area contributed by atoms with Crippen LogP contribution in [0.3, 0.4) is 0 Å². The number of piperidine rings is 1. The number of nitrogens with zero attached hydrogens (tertiary/aromatic N) is 2. The molecular formula is C12H20N2. The SMILES string of the molecule is N#CC1CCCN(C2CCCCC2)C1. The van der Waals surface area contributed by atoms with Crippen molar-refractivity contribution < 1.29 is 0 Å². The van der Waals surface area contributed by atoms with Gasteiger partial charge in [0.1, 0.15) is 0 Å². The fourth-order valence-corrected chi connectivity index (χ4v) is 2.89.